The Balaban J connectivity index is 1.65. The van der Waals surface area contributed by atoms with Crippen molar-refractivity contribution in [1.82, 2.24) is 14.4 Å². The summed E-state index contributed by atoms with van der Waals surface area (Å²) in [4.78, 5) is 9.93. The lowest BCUT2D eigenvalue weighted by Gasteiger charge is -2.22. The Morgan fingerprint density at radius 1 is 0.929 bits per heavy atom. The van der Waals surface area contributed by atoms with Crippen molar-refractivity contribution in [3.8, 4) is 0 Å². The standard InChI is InChI=1S/C24H25N3O/c1-22(2,3)20-7-6-14-17(25-20)8-11-27-19-13-16-15(12-18(19)26-21(14)27)23(4)9-10-24(16,5)28-23/h6-8,11-13H,9-10H2,1-5H3. The minimum atomic E-state index is -0.167. The fraction of sp³-hybridized carbons (Fsp3) is 0.417. The Bertz CT molecular complexity index is 1310. The fourth-order valence-corrected chi connectivity index (χ4v) is 5.17. The van der Waals surface area contributed by atoms with E-state index in [9.17, 15) is 0 Å². The van der Waals surface area contributed by atoms with Gasteiger partial charge in [0, 0.05) is 22.7 Å². The summed E-state index contributed by atoms with van der Waals surface area (Å²) in [6.45, 7) is 11.0. The molecule has 2 atom stereocenters. The smallest absolute Gasteiger partial charge is 0.147 e. The molecule has 0 spiro atoms. The molecule has 0 saturated carbocycles. The van der Waals surface area contributed by atoms with Crippen molar-refractivity contribution < 1.29 is 4.74 Å². The van der Waals surface area contributed by atoms with E-state index >= 15 is 0 Å². The molecule has 0 N–H and O–H groups in total. The first-order valence-corrected chi connectivity index (χ1v) is 10.2. The molecule has 1 aromatic carbocycles. The van der Waals surface area contributed by atoms with Gasteiger partial charge in [0.15, 0.2) is 0 Å². The number of hydrogen-bond acceptors (Lipinski definition) is 3. The van der Waals surface area contributed by atoms with Crippen molar-refractivity contribution in [1.29, 1.82) is 0 Å². The largest absolute Gasteiger partial charge is 0.360 e. The highest BCUT2D eigenvalue weighted by Crippen LogP contribution is 2.58. The summed E-state index contributed by atoms with van der Waals surface area (Å²) in [5, 5.41) is 1.10. The molecule has 6 rings (SSSR count). The van der Waals surface area contributed by atoms with Crippen molar-refractivity contribution in [2.24, 2.45) is 0 Å². The van der Waals surface area contributed by atoms with Gasteiger partial charge >= 0.3 is 0 Å². The van der Waals surface area contributed by atoms with Crippen molar-refractivity contribution in [3.63, 3.8) is 0 Å². The van der Waals surface area contributed by atoms with Crippen LogP contribution in [0.1, 0.15) is 64.3 Å². The highest BCUT2D eigenvalue weighted by Gasteiger charge is 2.54. The van der Waals surface area contributed by atoms with Crippen LogP contribution < -0.4 is 0 Å². The van der Waals surface area contributed by atoms with E-state index in [1.807, 2.05) is 0 Å². The third kappa shape index (κ3) is 1.94. The monoisotopic (exact) mass is 371 g/mol. The molecule has 2 unspecified atom stereocenters. The average Bonchev–Trinajstić information content (AvgIpc) is 3.23. The third-order valence-corrected chi connectivity index (χ3v) is 6.81. The van der Waals surface area contributed by atoms with Gasteiger partial charge in [-0.05, 0) is 68.1 Å². The first kappa shape index (κ1) is 16.5. The zero-order valence-electron chi connectivity index (χ0n) is 17.1. The topological polar surface area (TPSA) is 39.4 Å². The van der Waals surface area contributed by atoms with Crippen LogP contribution in [0.2, 0.25) is 0 Å². The second kappa shape index (κ2) is 4.74. The van der Waals surface area contributed by atoms with Gasteiger partial charge in [0.25, 0.3) is 0 Å². The molecule has 28 heavy (non-hydrogen) atoms. The molecule has 0 radical (unpaired) electrons. The summed E-state index contributed by atoms with van der Waals surface area (Å²) in [6, 6.07) is 11.0. The Hall–Kier alpha value is -2.46. The van der Waals surface area contributed by atoms with Gasteiger partial charge in [0.2, 0.25) is 0 Å². The number of hydrogen-bond donors (Lipinski definition) is 0. The maximum atomic E-state index is 6.44. The Labute approximate surface area is 164 Å². The SMILES string of the molecule is CC(C)(C)c1ccc2c(ccn3c4cc5c(cc4nc23)C2(C)CCC5(C)O2)n1. The van der Waals surface area contributed by atoms with Gasteiger partial charge in [-0.1, -0.05) is 20.8 Å². The van der Waals surface area contributed by atoms with E-state index in [-0.39, 0.29) is 16.6 Å². The molecule has 3 aromatic heterocycles. The Morgan fingerprint density at radius 2 is 1.64 bits per heavy atom. The van der Waals surface area contributed by atoms with Crippen LogP contribution in [0, 0.1) is 0 Å². The number of fused-ring (bicyclic) bond motifs is 10. The molecule has 2 aliphatic rings. The molecule has 0 aliphatic carbocycles. The van der Waals surface area contributed by atoms with Crippen molar-refractivity contribution in [2.75, 3.05) is 0 Å². The molecule has 1 saturated heterocycles. The van der Waals surface area contributed by atoms with E-state index in [0.717, 1.165) is 46.1 Å². The maximum Gasteiger partial charge on any atom is 0.147 e. The lowest BCUT2D eigenvalue weighted by Crippen LogP contribution is -2.17. The van der Waals surface area contributed by atoms with E-state index in [1.165, 1.54) is 11.1 Å². The van der Waals surface area contributed by atoms with Gasteiger partial charge in [-0.3, -0.25) is 9.38 Å². The van der Waals surface area contributed by atoms with Crippen molar-refractivity contribution in [3.05, 3.63) is 53.3 Å². The van der Waals surface area contributed by atoms with E-state index in [2.05, 4.69) is 75.5 Å². The number of rotatable bonds is 0. The lowest BCUT2D eigenvalue weighted by molar-refractivity contribution is -0.0661. The maximum absolute atomic E-state index is 6.44. The molecule has 4 nitrogen and oxygen atoms in total. The van der Waals surface area contributed by atoms with E-state index in [0.29, 0.717) is 0 Å². The Kier molecular flexibility index (Phi) is 2.79. The number of benzene rings is 1. The van der Waals surface area contributed by atoms with Crippen LogP contribution in [0.3, 0.4) is 0 Å². The van der Waals surface area contributed by atoms with E-state index in [1.54, 1.807) is 0 Å². The molecule has 2 aliphatic heterocycles. The Morgan fingerprint density at radius 3 is 2.36 bits per heavy atom. The number of aromatic nitrogens is 3. The van der Waals surface area contributed by atoms with Gasteiger partial charge < -0.3 is 4.74 Å². The lowest BCUT2D eigenvalue weighted by atomic mass is 9.78. The van der Waals surface area contributed by atoms with Gasteiger partial charge in [0.05, 0.1) is 27.8 Å². The van der Waals surface area contributed by atoms with Crippen LogP contribution in [0.15, 0.2) is 36.5 Å². The fourth-order valence-electron chi connectivity index (χ4n) is 5.17. The number of ether oxygens (including phenoxy) is 1. The molecule has 0 amide bonds. The van der Waals surface area contributed by atoms with Gasteiger partial charge in [-0.25, -0.2) is 4.98 Å². The second-order valence-corrected chi connectivity index (χ2v) is 9.95. The van der Waals surface area contributed by atoms with Crippen LogP contribution in [0.4, 0.5) is 0 Å². The third-order valence-electron chi connectivity index (χ3n) is 6.81. The van der Waals surface area contributed by atoms with E-state index in [4.69, 9.17) is 14.7 Å². The normalized spacial score (nSPS) is 26.6. The number of nitrogens with zero attached hydrogens (tertiary/aromatic N) is 3. The zero-order valence-corrected chi connectivity index (χ0v) is 17.1. The number of pyridine rings is 2. The molecule has 5 heterocycles. The molecule has 2 bridgehead atoms. The number of imidazole rings is 1. The minimum absolute atomic E-state index is 0.0332. The highest BCUT2D eigenvalue weighted by molar-refractivity contribution is 5.96. The minimum Gasteiger partial charge on any atom is -0.360 e. The predicted octanol–water partition coefficient (Wildman–Crippen LogP) is 5.59. The molecule has 1 fully saturated rings. The molecular weight excluding hydrogens is 346 g/mol. The van der Waals surface area contributed by atoms with Crippen molar-refractivity contribution >= 4 is 27.6 Å². The van der Waals surface area contributed by atoms with Crippen LogP contribution in [0.5, 0.6) is 0 Å². The van der Waals surface area contributed by atoms with Crippen molar-refractivity contribution in [2.45, 2.75) is 64.1 Å². The average molecular weight is 371 g/mol. The molecule has 4 heteroatoms. The molecular formula is C24H25N3O. The first-order valence-electron chi connectivity index (χ1n) is 10.2. The summed E-state index contributed by atoms with van der Waals surface area (Å²) >= 11 is 0. The molecule has 4 aromatic rings. The highest BCUT2D eigenvalue weighted by atomic mass is 16.5. The van der Waals surface area contributed by atoms with Gasteiger partial charge in [-0.15, -0.1) is 0 Å². The summed E-state index contributed by atoms with van der Waals surface area (Å²) in [5.74, 6) is 0. The summed E-state index contributed by atoms with van der Waals surface area (Å²) in [5.41, 5.74) is 7.62. The van der Waals surface area contributed by atoms with Crippen LogP contribution in [-0.4, -0.2) is 14.4 Å². The predicted molar refractivity (Wildman–Crippen MR) is 112 cm³/mol. The summed E-state index contributed by atoms with van der Waals surface area (Å²) in [7, 11) is 0. The van der Waals surface area contributed by atoms with E-state index < -0.39 is 0 Å². The van der Waals surface area contributed by atoms with Crippen LogP contribution in [-0.2, 0) is 21.4 Å². The molecule has 142 valence electrons. The quantitative estimate of drug-likeness (QED) is 0.405. The van der Waals surface area contributed by atoms with Crippen LogP contribution >= 0.6 is 0 Å². The van der Waals surface area contributed by atoms with Crippen LogP contribution in [0.25, 0.3) is 27.6 Å². The second-order valence-electron chi connectivity index (χ2n) is 9.95. The van der Waals surface area contributed by atoms with Gasteiger partial charge in [0.1, 0.15) is 5.65 Å². The first-order chi connectivity index (χ1) is 13.2. The zero-order chi connectivity index (χ0) is 19.5. The summed E-state index contributed by atoms with van der Waals surface area (Å²) in [6.07, 6.45) is 4.27. The summed E-state index contributed by atoms with van der Waals surface area (Å²) < 4.78 is 8.64. The van der Waals surface area contributed by atoms with Gasteiger partial charge in [-0.2, -0.15) is 0 Å².